The second kappa shape index (κ2) is 14.0. The number of methoxy groups -OCH3 is 1. The molecule has 1 aromatic carbocycles. The summed E-state index contributed by atoms with van der Waals surface area (Å²) in [6.07, 6.45) is 9.38. The number of rotatable bonds is 12. The highest BCUT2D eigenvalue weighted by molar-refractivity contribution is 6.02. The number of ether oxygens (including phenoxy) is 2. The van der Waals surface area contributed by atoms with Crippen LogP contribution in [0, 0.1) is 23.7 Å². The molecule has 2 N–H and O–H groups in total. The third-order valence-electron chi connectivity index (χ3n) is 10.1. The number of likely N-dealkylation sites (tertiary alicyclic amines) is 1. The highest BCUT2D eigenvalue weighted by Crippen LogP contribution is 2.55. The Morgan fingerprint density at radius 1 is 1.12 bits per heavy atom. The maximum Gasteiger partial charge on any atom is 0.246 e. The minimum absolute atomic E-state index is 0. The zero-order valence-corrected chi connectivity index (χ0v) is 27.0. The number of benzene rings is 1. The van der Waals surface area contributed by atoms with Crippen molar-refractivity contribution in [2.75, 3.05) is 39.1 Å². The fourth-order valence-electron chi connectivity index (χ4n) is 7.51. The van der Waals surface area contributed by atoms with Crippen LogP contribution in [-0.4, -0.2) is 85.1 Å². The molecule has 3 heterocycles. The number of halogens is 1. The van der Waals surface area contributed by atoms with Gasteiger partial charge in [-0.2, -0.15) is 0 Å². The van der Waals surface area contributed by atoms with Gasteiger partial charge in [-0.3, -0.25) is 14.4 Å². The van der Waals surface area contributed by atoms with Crippen molar-refractivity contribution in [2.45, 2.75) is 83.1 Å². The number of carbonyl (C=O) groups excluding carboxylic acids is 3. The Balaban J connectivity index is 0.00000423. The first-order chi connectivity index (χ1) is 20.2. The molecule has 9 nitrogen and oxygen atoms in total. The molecule has 4 unspecified atom stereocenters. The van der Waals surface area contributed by atoms with Crippen molar-refractivity contribution < 1.29 is 23.9 Å². The minimum Gasteiger partial charge on any atom is -0.497 e. The molecule has 5 rings (SSSR count). The summed E-state index contributed by atoms with van der Waals surface area (Å²) in [5.74, 6) is -0.503. The van der Waals surface area contributed by atoms with Gasteiger partial charge in [0.15, 0.2) is 0 Å². The lowest BCUT2D eigenvalue weighted by atomic mass is 9.73. The molecule has 3 fully saturated rings. The summed E-state index contributed by atoms with van der Waals surface area (Å²) < 4.78 is 11.7. The molecule has 2 bridgehead atoms. The number of amides is 3. The average molecular weight is 617 g/mol. The van der Waals surface area contributed by atoms with Crippen LogP contribution in [0.1, 0.15) is 59.3 Å². The quantitative estimate of drug-likeness (QED) is 0.340. The number of hydrogen-bond donors (Lipinski definition) is 2. The highest BCUT2D eigenvalue weighted by atomic mass is 35.5. The number of unbranched alkanes of at least 4 members (excludes halogenated alkanes) is 1. The highest BCUT2D eigenvalue weighted by Gasteiger charge is 2.72. The molecule has 1 spiro atoms. The van der Waals surface area contributed by atoms with Crippen LogP contribution in [0.2, 0.25) is 0 Å². The fraction of sp³-hybridized carbons (Fsp3) is 0.667. The molecular weight excluding hydrogens is 568 g/mol. The van der Waals surface area contributed by atoms with E-state index in [2.05, 4.69) is 43.4 Å². The van der Waals surface area contributed by atoms with Crippen LogP contribution in [0.3, 0.4) is 0 Å². The van der Waals surface area contributed by atoms with E-state index in [1.807, 2.05) is 12.2 Å². The van der Waals surface area contributed by atoms with E-state index in [0.717, 1.165) is 51.6 Å². The van der Waals surface area contributed by atoms with Gasteiger partial charge in [0, 0.05) is 18.3 Å². The van der Waals surface area contributed by atoms with E-state index in [9.17, 15) is 14.4 Å². The van der Waals surface area contributed by atoms with Gasteiger partial charge in [0.25, 0.3) is 0 Å². The number of hydrogen-bond acceptors (Lipinski definition) is 6. The molecule has 0 aromatic heterocycles. The Hall–Kier alpha value is -2.62. The SMILES string of the molecule is CCCCN(C)CCCN1C(=O)[C@H]2[C@@H](C(=O)Nc3ccc(OC)cc3)[C@@H]3C=C[C@]2(O3)C1C(=O)NC1CCCC(C)C1C.Cl. The van der Waals surface area contributed by atoms with Crippen molar-refractivity contribution in [1.29, 1.82) is 0 Å². The van der Waals surface area contributed by atoms with Crippen molar-refractivity contribution in [3.63, 3.8) is 0 Å². The second-order valence-electron chi connectivity index (χ2n) is 12.8. The molecule has 4 aliphatic rings. The fourth-order valence-corrected chi connectivity index (χ4v) is 7.51. The third-order valence-corrected chi connectivity index (χ3v) is 10.1. The van der Waals surface area contributed by atoms with Gasteiger partial charge in [0.05, 0.1) is 25.0 Å². The van der Waals surface area contributed by atoms with Gasteiger partial charge in [-0.15, -0.1) is 12.4 Å². The average Bonchev–Trinajstić information content (AvgIpc) is 3.62. The zero-order valence-electron chi connectivity index (χ0n) is 26.2. The number of anilines is 1. The predicted octanol–water partition coefficient (Wildman–Crippen LogP) is 4.27. The van der Waals surface area contributed by atoms with Gasteiger partial charge in [-0.1, -0.05) is 52.2 Å². The first-order valence-electron chi connectivity index (χ1n) is 15.8. The van der Waals surface area contributed by atoms with Gasteiger partial charge in [-0.05, 0) is 75.5 Å². The van der Waals surface area contributed by atoms with Crippen LogP contribution in [0.15, 0.2) is 36.4 Å². The van der Waals surface area contributed by atoms with Crippen molar-refractivity contribution >= 4 is 35.8 Å². The number of fused-ring (bicyclic) bond motifs is 1. The minimum atomic E-state index is -1.15. The molecule has 3 aliphatic heterocycles. The Bertz CT molecular complexity index is 1180. The van der Waals surface area contributed by atoms with Crippen LogP contribution in [0.25, 0.3) is 0 Å². The van der Waals surface area contributed by atoms with E-state index in [0.29, 0.717) is 29.8 Å². The van der Waals surface area contributed by atoms with E-state index in [4.69, 9.17) is 9.47 Å². The molecule has 43 heavy (non-hydrogen) atoms. The Kier molecular flexibility index (Phi) is 10.8. The molecule has 1 saturated carbocycles. The lowest BCUT2D eigenvalue weighted by molar-refractivity contribution is -0.141. The summed E-state index contributed by atoms with van der Waals surface area (Å²) >= 11 is 0. The zero-order chi connectivity index (χ0) is 30.0. The molecule has 0 radical (unpaired) electrons. The summed E-state index contributed by atoms with van der Waals surface area (Å²) in [6.45, 7) is 8.89. The maximum absolute atomic E-state index is 14.2. The number of nitrogens with one attached hydrogen (secondary N) is 2. The van der Waals surface area contributed by atoms with Crippen molar-refractivity contribution in [1.82, 2.24) is 15.1 Å². The van der Waals surface area contributed by atoms with Crippen LogP contribution < -0.4 is 15.4 Å². The molecule has 10 heteroatoms. The Morgan fingerprint density at radius 3 is 2.53 bits per heavy atom. The molecule has 3 amide bonds. The van der Waals surface area contributed by atoms with Crippen LogP contribution in [-0.2, 0) is 19.1 Å². The van der Waals surface area contributed by atoms with Gasteiger partial charge < -0.3 is 29.9 Å². The Morgan fingerprint density at radius 2 is 1.84 bits per heavy atom. The third kappa shape index (κ3) is 6.45. The van der Waals surface area contributed by atoms with E-state index in [-0.39, 0.29) is 36.2 Å². The van der Waals surface area contributed by atoms with E-state index >= 15 is 0 Å². The summed E-state index contributed by atoms with van der Waals surface area (Å²) in [4.78, 5) is 46.1. The van der Waals surface area contributed by atoms with E-state index < -0.39 is 29.6 Å². The van der Waals surface area contributed by atoms with Gasteiger partial charge in [0.1, 0.15) is 17.4 Å². The maximum atomic E-state index is 14.2. The van der Waals surface area contributed by atoms with Crippen molar-refractivity contribution in [2.24, 2.45) is 23.7 Å². The molecule has 8 atom stereocenters. The summed E-state index contributed by atoms with van der Waals surface area (Å²) in [5.41, 5.74) is -0.528. The molecule has 1 aliphatic carbocycles. The number of nitrogens with zero attached hydrogens (tertiary/aromatic N) is 2. The van der Waals surface area contributed by atoms with Crippen LogP contribution in [0.4, 0.5) is 5.69 Å². The summed E-state index contributed by atoms with van der Waals surface area (Å²) in [7, 11) is 3.69. The summed E-state index contributed by atoms with van der Waals surface area (Å²) in [5, 5.41) is 6.31. The van der Waals surface area contributed by atoms with Gasteiger partial charge >= 0.3 is 0 Å². The topological polar surface area (TPSA) is 100 Å². The monoisotopic (exact) mass is 616 g/mol. The first-order valence-corrected chi connectivity index (χ1v) is 15.8. The van der Waals surface area contributed by atoms with Gasteiger partial charge in [0.2, 0.25) is 17.7 Å². The largest absolute Gasteiger partial charge is 0.497 e. The lowest BCUT2D eigenvalue weighted by Gasteiger charge is -2.38. The summed E-state index contributed by atoms with van der Waals surface area (Å²) in [6, 6.07) is 6.36. The van der Waals surface area contributed by atoms with Crippen LogP contribution >= 0.6 is 12.4 Å². The molecule has 2 saturated heterocycles. The smallest absolute Gasteiger partial charge is 0.246 e. The predicted molar refractivity (Wildman–Crippen MR) is 169 cm³/mol. The van der Waals surface area contributed by atoms with Gasteiger partial charge in [-0.25, -0.2) is 0 Å². The lowest BCUT2D eigenvalue weighted by Crippen LogP contribution is -2.58. The molecule has 1 aromatic rings. The first kappa shape index (κ1) is 33.3. The van der Waals surface area contributed by atoms with E-state index in [1.54, 1.807) is 36.3 Å². The van der Waals surface area contributed by atoms with Crippen molar-refractivity contribution in [3.05, 3.63) is 36.4 Å². The van der Waals surface area contributed by atoms with E-state index in [1.165, 1.54) is 0 Å². The standard InChI is InChI=1S/C33H48N4O5.ClH/c1-6-7-18-36(4)19-9-20-37-29(31(39)35-25-11-8-10-21(2)22(25)3)33-17-16-26(42-33)27(28(33)32(37)40)30(38)34-23-12-14-24(41-5)15-13-23;/h12-17,21-22,25-29H,6-11,18-20H2,1-5H3,(H,34,38)(H,35,39);1H/t21?,22?,25?,26-,27-,28+,29?,33+;/m0./s1. The normalized spacial score (nSPS) is 32.5. The number of carbonyl (C=O) groups is 3. The second-order valence-corrected chi connectivity index (χ2v) is 12.8. The molecule has 238 valence electrons. The van der Waals surface area contributed by atoms with Crippen LogP contribution in [0.5, 0.6) is 5.75 Å². The Labute approximate surface area is 262 Å². The van der Waals surface area contributed by atoms with Crippen molar-refractivity contribution in [3.8, 4) is 5.75 Å². The molecular formula is C33H49ClN4O5.